The molecule has 0 saturated heterocycles. The number of alkyl carbamates (subject to hydrolysis) is 1. The Hall–Kier alpha value is -3.06. The van der Waals surface area contributed by atoms with Crippen molar-refractivity contribution < 1.29 is 19.1 Å². The summed E-state index contributed by atoms with van der Waals surface area (Å²) in [6, 6.07) is 9.58. The molecular formula is C36H54ClN3O4. The fourth-order valence-corrected chi connectivity index (χ4v) is 5.48. The Morgan fingerprint density at radius 2 is 1.59 bits per heavy atom. The molecule has 0 aromatic heterocycles. The number of aryl methyl sites for hydroxylation is 3. The van der Waals surface area contributed by atoms with Crippen LogP contribution in [0.4, 0.5) is 10.5 Å². The van der Waals surface area contributed by atoms with Gasteiger partial charge >= 0.3 is 6.09 Å². The molecule has 0 aliphatic rings. The molecular weight excluding hydrogens is 574 g/mol. The molecule has 2 rings (SSSR count). The molecule has 0 heterocycles. The van der Waals surface area contributed by atoms with E-state index in [1.807, 2.05) is 65.0 Å². The molecule has 0 fully saturated rings. The number of benzene rings is 2. The van der Waals surface area contributed by atoms with Crippen LogP contribution in [0.1, 0.15) is 115 Å². The molecule has 44 heavy (non-hydrogen) atoms. The zero-order chi connectivity index (χ0) is 33.0. The first-order chi connectivity index (χ1) is 20.7. The second-order valence-corrected chi connectivity index (χ2v) is 13.4. The van der Waals surface area contributed by atoms with Gasteiger partial charge in [-0.25, -0.2) is 4.79 Å². The summed E-state index contributed by atoms with van der Waals surface area (Å²) in [5.41, 5.74) is 3.24. The van der Waals surface area contributed by atoms with Gasteiger partial charge in [0.1, 0.15) is 17.7 Å². The third-order valence-corrected chi connectivity index (χ3v) is 8.26. The zero-order valence-corrected chi connectivity index (χ0v) is 29.1. The van der Waals surface area contributed by atoms with Crippen molar-refractivity contribution in [3.8, 4) is 0 Å². The number of nitrogens with zero attached hydrogens (tertiary/aromatic N) is 1. The Morgan fingerprint density at radius 3 is 2.20 bits per heavy atom. The quantitative estimate of drug-likeness (QED) is 0.193. The van der Waals surface area contributed by atoms with E-state index in [1.165, 1.54) is 6.42 Å². The van der Waals surface area contributed by atoms with Crippen molar-refractivity contribution in [3.05, 3.63) is 63.7 Å². The van der Waals surface area contributed by atoms with Crippen LogP contribution in [0.3, 0.4) is 0 Å². The molecule has 0 radical (unpaired) electrons. The average molecular weight is 628 g/mol. The third-order valence-electron chi connectivity index (χ3n) is 7.95. The molecule has 3 unspecified atom stereocenters. The number of carbonyl (C=O) groups is 3. The van der Waals surface area contributed by atoms with E-state index in [-0.39, 0.29) is 17.7 Å². The van der Waals surface area contributed by atoms with Crippen LogP contribution >= 0.6 is 11.6 Å². The molecule has 2 N–H and O–H groups in total. The number of rotatable bonds is 15. The number of amides is 3. The molecule has 0 aliphatic heterocycles. The molecule has 244 valence electrons. The second kappa shape index (κ2) is 17.4. The molecule has 0 spiro atoms. The smallest absolute Gasteiger partial charge is 0.408 e. The van der Waals surface area contributed by atoms with Crippen LogP contribution in [0.2, 0.25) is 5.02 Å². The van der Waals surface area contributed by atoms with Gasteiger partial charge in [0.15, 0.2) is 0 Å². The monoisotopic (exact) mass is 627 g/mol. The summed E-state index contributed by atoms with van der Waals surface area (Å²) in [5, 5.41) is 6.34. The maximum Gasteiger partial charge on any atom is 0.408 e. The molecule has 7 nitrogen and oxygen atoms in total. The van der Waals surface area contributed by atoms with Gasteiger partial charge in [0, 0.05) is 6.54 Å². The Bertz CT molecular complexity index is 1240. The first-order valence-electron chi connectivity index (χ1n) is 16.1. The first kappa shape index (κ1) is 37.1. The normalized spacial score (nSPS) is 13.5. The van der Waals surface area contributed by atoms with Crippen LogP contribution < -0.4 is 10.6 Å². The van der Waals surface area contributed by atoms with Gasteiger partial charge in [0.05, 0.1) is 10.7 Å². The maximum absolute atomic E-state index is 14.7. The van der Waals surface area contributed by atoms with Crippen molar-refractivity contribution in [1.82, 2.24) is 10.2 Å². The number of para-hydroxylation sites is 1. The van der Waals surface area contributed by atoms with Crippen LogP contribution in [-0.2, 0) is 14.3 Å². The number of anilines is 1. The maximum atomic E-state index is 14.7. The van der Waals surface area contributed by atoms with Crippen molar-refractivity contribution in [3.63, 3.8) is 0 Å². The van der Waals surface area contributed by atoms with Gasteiger partial charge in [-0.3, -0.25) is 9.59 Å². The van der Waals surface area contributed by atoms with Crippen LogP contribution in [0, 0.1) is 26.7 Å². The Balaban J connectivity index is 2.63. The minimum absolute atomic E-state index is 0.199. The number of hydrogen-bond donors (Lipinski definition) is 2. The number of nitrogens with one attached hydrogen (secondary N) is 2. The Morgan fingerprint density at radius 1 is 0.932 bits per heavy atom. The average Bonchev–Trinajstić information content (AvgIpc) is 2.94. The Kier molecular flexibility index (Phi) is 14.7. The van der Waals surface area contributed by atoms with E-state index in [1.54, 1.807) is 31.7 Å². The van der Waals surface area contributed by atoms with E-state index in [2.05, 4.69) is 17.6 Å². The number of halogens is 1. The molecule has 2 aromatic rings. The van der Waals surface area contributed by atoms with Crippen molar-refractivity contribution in [2.75, 3.05) is 11.9 Å². The molecule has 3 amide bonds. The molecule has 0 aliphatic carbocycles. The summed E-state index contributed by atoms with van der Waals surface area (Å²) < 4.78 is 5.55. The predicted octanol–water partition coefficient (Wildman–Crippen LogP) is 9.07. The largest absolute Gasteiger partial charge is 0.444 e. The second-order valence-electron chi connectivity index (χ2n) is 13.0. The molecule has 0 saturated carbocycles. The van der Waals surface area contributed by atoms with Crippen LogP contribution in [0.15, 0.2) is 36.4 Å². The van der Waals surface area contributed by atoms with Gasteiger partial charge in [0.25, 0.3) is 5.91 Å². The highest BCUT2D eigenvalue weighted by atomic mass is 35.5. The summed E-state index contributed by atoms with van der Waals surface area (Å²) in [5.74, 6) is -0.861. The van der Waals surface area contributed by atoms with Crippen LogP contribution in [0.25, 0.3) is 0 Å². The highest BCUT2D eigenvalue weighted by Crippen LogP contribution is 2.32. The zero-order valence-electron chi connectivity index (χ0n) is 28.3. The summed E-state index contributed by atoms with van der Waals surface area (Å²) in [7, 11) is 0. The van der Waals surface area contributed by atoms with Gasteiger partial charge in [-0.2, -0.15) is 0 Å². The molecule has 8 heteroatoms. The molecule has 0 bridgehead atoms. The number of hydrogen-bond acceptors (Lipinski definition) is 4. The van der Waals surface area contributed by atoms with Gasteiger partial charge < -0.3 is 20.3 Å². The number of unbranched alkanes of at least 4 members (excludes halogenated alkanes) is 5. The van der Waals surface area contributed by atoms with Crippen molar-refractivity contribution in [2.24, 2.45) is 5.92 Å². The van der Waals surface area contributed by atoms with E-state index in [0.29, 0.717) is 23.7 Å². The summed E-state index contributed by atoms with van der Waals surface area (Å²) in [4.78, 5) is 43.7. The summed E-state index contributed by atoms with van der Waals surface area (Å²) >= 11 is 6.53. The SMILES string of the molecule is CCCCCCCCN(C(=O)C(NC(=O)OC(C)(C)C)C(C)CC)C(C(=O)Nc1c(C)cccc1Cl)c1cc(C)ccc1C. The molecule has 2 aromatic carbocycles. The van der Waals surface area contributed by atoms with Gasteiger partial charge in [-0.05, 0) is 76.6 Å². The lowest BCUT2D eigenvalue weighted by Crippen LogP contribution is -2.55. The van der Waals surface area contributed by atoms with Gasteiger partial charge in [-0.1, -0.05) is 107 Å². The van der Waals surface area contributed by atoms with Crippen molar-refractivity contribution >= 4 is 35.2 Å². The van der Waals surface area contributed by atoms with E-state index >= 15 is 0 Å². The highest BCUT2D eigenvalue weighted by molar-refractivity contribution is 6.34. The number of carbonyl (C=O) groups excluding carboxylic acids is 3. The predicted molar refractivity (Wildman–Crippen MR) is 181 cm³/mol. The first-order valence-corrected chi connectivity index (χ1v) is 16.5. The fraction of sp³-hybridized carbons (Fsp3) is 0.583. The fourth-order valence-electron chi connectivity index (χ4n) is 5.21. The van der Waals surface area contributed by atoms with Crippen LogP contribution in [-0.4, -0.2) is 41.0 Å². The van der Waals surface area contributed by atoms with E-state index in [9.17, 15) is 14.4 Å². The van der Waals surface area contributed by atoms with E-state index < -0.39 is 23.8 Å². The Labute approximate surface area is 270 Å². The van der Waals surface area contributed by atoms with Gasteiger partial charge in [0.2, 0.25) is 5.91 Å². The minimum Gasteiger partial charge on any atom is -0.444 e. The van der Waals surface area contributed by atoms with Crippen molar-refractivity contribution in [2.45, 2.75) is 125 Å². The molecule has 3 atom stereocenters. The number of ether oxygens (including phenoxy) is 1. The minimum atomic E-state index is -0.944. The third kappa shape index (κ3) is 11.1. The summed E-state index contributed by atoms with van der Waals surface area (Å²) in [6.07, 6.45) is 6.16. The lowest BCUT2D eigenvalue weighted by Gasteiger charge is -2.37. The standard InChI is InChI=1S/C36H54ClN3O4/c1-10-12-13-14-15-16-22-40(34(42)31(25(4)11-2)39-35(43)44-36(7,8)9)32(28-23-24(3)20-21-26(28)5)33(41)38-30-27(6)18-17-19-29(30)37/h17-21,23,25,31-32H,10-16,22H2,1-9H3,(H,38,41)(H,39,43). The summed E-state index contributed by atoms with van der Waals surface area (Å²) in [6.45, 7) is 17.6. The van der Waals surface area contributed by atoms with E-state index in [4.69, 9.17) is 16.3 Å². The van der Waals surface area contributed by atoms with E-state index in [0.717, 1.165) is 54.4 Å². The lowest BCUT2D eigenvalue weighted by atomic mass is 9.93. The highest BCUT2D eigenvalue weighted by Gasteiger charge is 2.38. The van der Waals surface area contributed by atoms with Crippen molar-refractivity contribution in [1.29, 1.82) is 0 Å². The van der Waals surface area contributed by atoms with Gasteiger partial charge in [-0.15, -0.1) is 0 Å². The van der Waals surface area contributed by atoms with Crippen LogP contribution in [0.5, 0.6) is 0 Å². The lowest BCUT2D eigenvalue weighted by molar-refractivity contribution is -0.142. The topological polar surface area (TPSA) is 87.7 Å².